The zero-order valence-corrected chi connectivity index (χ0v) is 14.3. The highest BCUT2D eigenvalue weighted by Crippen LogP contribution is 2.36. The minimum absolute atomic E-state index is 0.136. The number of carbonyl (C=O) groups is 2. The molecule has 1 atom stereocenters. The van der Waals surface area contributed by atoms with Gasteiger partial charge < -0.3 is 10.1 Å². The summed E-state index contributed by atoms with van der Waals surface area (Å²) in [5.41, 5.74) is -1.53. The maximum atomic E-state index is 13.3. The number of hydrogen-bond donors (Lipinski definition) is 1. The van der Waals surface area contributed by atoms with Crippen molar-refractivity contribution in [1.82, 2.24) is 4.98 Å². The summed E-state index contributed by atoms with van der Waals surface area (Å²) in [6.45, 7) is 3.49. The van der Waals surface area contributed by atoms with Gasteiger partial charge in [0, 0.05) is 18.4 Å². The van der Waals surface area contributed by atoms with Gasteiger partial charge in [0.05, 0.1) is 5.02 Å². The van der Waals surface area contributed by atoms with Crippen molar-refractivity contribution >= 4 is 34.9 Å². The predicted octanol–water partition coefficient (Wildman–Crippen LogP) is 3.02. The van der Waals surface area contributed by atoms with E-state index in [2.05, 4.69) is 10.3 Å². The first-order valence-electron chi connectivity index (χ1n) is 7.59. The number of rotatable bonds is 3. The molecule has 1 aromatic heterocycles. The first kappa shape index (κ1) is 17.2. The molecule has 0 fully saturated rings. The summed E-state index contributed by atoms with van der Waals surface area (Å²) < 4.78 is 18.9. The van der Waals surface area contributed by atoms with Crippen LogP contribution in [-0.4, -0.2) is 28.9 Å². The van der Waals surface area contributed by atoms with Crippen molar-refractivity contribution in [3.8, 4) is 5.75 Å². The molecule has 8 heteroatoms. The maximum absolute atomic E-state index is 13.3. The van der Waals surface area contributed by atoms with E-state index in [1.54, 1.807) is 25.3 Å². The number of halogens is 2. The molecule has 0 spiro atoms. The second-order valence-corrected chi connectivity index (χ2v) is 6.00. The van der Waals surface area contributed by atoms with Crippen LogP contribution in [0.2, 0.25) is 5.02 Å². The lowest BCUT2D eigenvalue weighted by molar-refractivity contribution is -0.145. The molecule has 2 amide bonds. The van der Waals surface area contributed by atoms with Crippen LogP contribution < -0.4 is 15.0 Å². The van der Waals surface area contributed by atoms with Gasteiger partial charge in [-0.3, -0.25) is 14.5 Å². The standard InChI is InChI=1S/C17H15ClFN3O3/c1-3-22-14-13(5-4-8-20-14)25-17(2,16(22)24)15(23)21-10-6-7-12(19)11(18)9-10/h4-9H,3H2,1-2H3,(H,21,23)/t17-/m0/s1. The Bertz CT molecular complexity index is 861. The monoisotopic (exact) mass is 363 g/mol. The number of carbonyl (C=O) groups excluding carboxylic acids is 2. The molecule has 2 aromatic rings. The van der Waals surface area contributed by atoms with Gasteiger partial charge in [0.25, 0.3) is 17.4 Å². The van der Waals surface area contributed by atoms with Gasteiger partial charge in [0.1, 0.15) is 5.82 Å². The molecule has 1 aliphatic rings. The highest BCUT2D eigenvalue weighted by atomic mass is 35.5. The molecule has 130 valence electrons. The fourth-order valence-corrected chi connectivity index (χ4v) is 2.72. The van der Waals surface area contributed by atoms with Gasteiger partial charge in [-0.15, -0.1) is 0 Å². The van der Waals surface area contributed by atoms with E-state index < -0.39 is 23.2 Å². The fourth-order valence-electron chi connectivity index (χ4n) is 2.54. The number of nitrogens with zero attached hydrogens (tertiary/aromatic N) is 2. The first-order chi connectivity index (χ1) is 11.9. The predicted molar refractivity (Wildman–Crippen MR) is 91.3 cm³/mol. The molecule has 2 heterocycles. The second kappa shape index (κ2) is 6.33. The van der Waals surface area contributed by atoms with Crippen LogP contribution in [0, 0.1) is 5.82 Å². The van der Waals surface area contributed by atoms with Crippen molar-refractivity contribution in [2.24, 2.45) is 0 Å². The van der Waals surface area contributed by atoms with E-state index in [4.69, 9.17) is 16.3 Å². The van der Waals surface area contributed by atoms with Crippen molar-refractivity contribution in [3.05, 3.63) is 47.4 Å². The maximum Gasteiger partial charge on any atom is 0.282 e. The summed E-state index contributed by atoms with van der Waals surface area (Å²) in [6.07, 6.45) is 1.54. The Morgan fingerprint density at radius 1 is 1.44 bits per heavy atom. The largest absolute Gasteiger partial charge is 0.464 e. The van der Waals surface area contributed by atoms with E-state index in [0.717, 1.165) is 6.07 Å². The summed E-state index contributed by atoms with van der Waals surface area (Å²) in [6, 6.07) is 7.03. The number of amides is 2. The average Bonchev–Trinajstić information content (AvgIpc) is 2.59. The second-order valence-electron chi connectivity index (χ2n) is 5.59. The molecule has 25 heavy (non-hydrogen) atoms. The van der Waals surface area contributed by atoms with Crippen LogP contribution in [0.4, 0.5) is 15.9 Å². The number of hydrogen-bond acceptors (Lipinski definition) is 4. The minimum atomic E-state index is -1.78. The van der Waals surface area contributed by atoms with Gasteiger partial charge in [-0.2, -0.15) is 0 Å². The molecular formula is C17H15ClFN3O3. The number of pyridine rings is 1. The molecule has 3 rings (SSSR count). The lowest BCUT2D eigenvalue weighted by atomic mass is 10.0. The van der Waals surface area contributed by atoms with E-state index >= 15 is 0 Å². The Morgan fingerprint density at radius 2 is 2.20 bits per heavy atom. The molecular weight excluding hydrogens is 349 g/mol. The van der Waals surface area contributed by atoms with E-state index in [-0.39, 0.29) is 10.7 Å². The number of anilines is 2. The SMILES string of the molecule is CCN1C(=O)[C@](C)(C(=O)Nc2ccc(F)c(Cl)c2)Oc2cccnc21. The number of likely N-dealkylation sites (N-methyl/N-ethyl adjacent to an activating group) is 1. The number of aromatic nitrogens is 1. The van der Waals surface area contributed by atoms with Crippen LogP contribution in [0.15, 0.2) is 36.5 Å². The zero-order valence-electron chi connectivity index (χ0n) is 13.5. The summed E-state index contributed by atoms with van der Waals surface area (Å²) in [5.74, 6) is -1.13. The number of benzene rings is 1. The van der Waals surface area contributed by atoms with Gasteiger partial charge in [0.2, 0.25) is 0 Å². The third-order valence-corrected chi connectivity index (χ3v) is 4.19. The number of nitrogens with one attached hydrogen (secondary N) is 1. The van der Waals surface area contributed by atoms with E-state index in [1.807, 2.05) is 0 Å². The molecule has 0 unspecified atom stereocenters. The summed E-state index contributed by atoms with van der Waals surface area (Å²) >= 11 is 5.72. The Hall–Kier alpha value is -2.67. The summed E-state index contributed by atoms with van der Waals surface area (Å²) in [4.78, 5) is 31.1. The summed E-state index contributed by atoms with van der Waals surface area (Å²) in [5, 5.41) is 2.41. The quantitative estimate of drug-likeness (QED) is 0.851. The number of fused-ring (bicyclic) bond motifs is 1. The minimum Gasteiger partial charge on any atom is -0.464 e. The fraction of sp³-hybridized carbons (Fsp3) is 0.235. The van der Waals surface area contributed by atoms with Crippen LogP contribution in [0.25, 0.3) is 0 Å². The Morgan fingerprint density at radius 3 is 2.88 bits per heavy atom. The Labute approximate surface area is 148 Å². The molecule has 1 aromatic carbocycles. The molecule has 1 N–H and O–H groups in total. The molecule has 1 aliphatic heterocycles. The third kappa shape index (κ3) is 2.91. The molecule has 0 radical (unpaired) electrons. The lowest BCUT2D eigenvalue weighted by Gasteiger charge is -2.38. The van der Waals surface area contributed by atoms with Crippen molar-refractivity contribution in [1.29, 1.82) is 0 Å². The first-order valence-corrected chi connectivity index (χ1v) is 7.97. The van der Waals surface area contributed by atoms with Gasteiger partial charge >= 0.3 is 0 Å². The molecule has 0 bridgehead atoms. The highest BCUT2D eigenvalue weighted by molar-refractivity contribution is 6.31. The molecule has 0 saturated carbocycles. The topological polar surface area (TPSA) is 71.5 Å². The van der Waals surface area contributed by atoms with E-state index in [1.165, 1.54) is 24.0 Å². The number of ether oxygens (including phenoxy) is 1. The molecule has 6 nitrogen and oxygen atoms in total. The molecule has 0 saturated heterocycles. The van der Waals surface area contributed by atoms with Crippen molar-refractivity contribution in [2.45, 2.75) is 19.4 Å². The Kier molecular flexibility index (Phi) is 4.34. The average molecular weight is 364 g/mol. The van der Waals surface area contributed by atoms with Crippen LogP contribution in [-0.2, 0) is 9.59 Å². The normalized spacial score (nSPS) is 19.2. The van der Waals surface area contributed by atoms with Crippen LogP contribution in [0.1, 0.15) is 13.8 Å². The van der Waals surface area contributed by atoms with Crippen molar-refractivity contribution in [3.63, 3.8) is 0 Å². The van der Waals surface area contributed by atoms with E-state index in [0.29, 0.717) is 18.1 Å². The smallest absolute Gasteiger partial charge is 0.282 e. The van der Waals surface area contributed by atoms with Crippen LogP contribution in [0.5, 0.6) is 5.75 Å². The van der Waals surface area contributed by atoms with Crippen molar-refractivity contribution < 1.29 is 18.7 Å². The van der Waals surface area contributed by atoms with Gasteiger partial charge in [-0.1, -0.05) is 11.6 Å². The Balaban J connectivity index is 1.93. The van der Waals surface area contributed by atoms with Crippen LogP contribution >= 0.6 is 11.6 Å². The highest BCUT2D eigenvalue weighted by Gasteiger charge is 2.50. The van der Waals surface area contributed by atoms with Crippen molar-refractivity contribution in [2.75, 3.05) is 16.8 Å². The summed E-state index contributed by atoms with van der Waals surface area (Å²) in [7, 11) is 0. The van der Waals surface area contributed by atoms with Gasteiger partial charge in [-0.05, 0) is 44.2 Å². The van der Waals surface area contributed by atoms with Gasteiger partial charge in [-0.25, -0.2) is 9.37 Å². The van der Waals surface area contributed by atoms with Crippen LogP contribution in [0.3, 0.4) is 0 Å². The third-order valence-electron chi connectivity index (χ3n) is 3.90. The zero-order chi connectivity index (χ0) is 18.2. The lowest BCUT2D eigenvalue weighted by Crippen LogP contribution is -2.60. The van der Waals surface area contributed by atoms with E-state index in [9.17, 15) is 14.0 Å². The molecule has 0 aliphatic carbocycles. The van der Waals surface area contributed by atoms with Gasteiger partial charge in [0.15, 0.2) is 11.6 Å².